The first-order valence-corrected chi connectivity index (χ1v) is 6.56. The van der Waals surface area contributed by atoms with Crippen LogP contribution in [0, 0.1) is 6.92 Å². The summed E-state index contributed by atoms with van der Waals surface area (Å²) in [7, 11) is 0. The van der Waals surface area contributed by atoms with Gasteiger partial charge in [0.25, 0.3) is 0 Å². The second kappa shape index (κ2) is 4.50. The van der Waals surface area contributed by atoms with Crippen LogP contribution >= 0.6 is 12.6 Å². The van der Waals surface area contributed by atoms with Gasteiger partial charge in [-0.25, -0.2) is 4.98 Å². The third kappa shape index (κ3) is 1.91. The van der Waals surface area contributed by atoms with Crippen LogP contribution in [-0.2, 0) is 5.75 Å². The molecule has 1 heterocycles. The molecule has 3 aromatic rings. The highest BCUT2D eigenvalue weighted by Crippen LogP contribution is 2.24. The number of imidazole rings is 1. The van der Waals surface area contributed by atoms with Crippen molar-refractivity contribution in [2.24, 2.45) is 0 Å². The molecule has 1 aromatic heterocycles. The zero-order chi connectivity index (χ0) is 12.5. The lowest BCUT2D eigenvalue weighted by Crippen LogP contribution is -1.83. The third-order valence-electron chi connectivity index (χ3n) is 3.13. The molecule has 2 nitrogen and oxygen atoms in total. The van der Waals surface area contributed by atoms with Crippen molar-refractivity contribution in [3.8, 4) is 11.4 Å². The Morgan fingerprint density at radius 3 is 2.78 bits per heavy atom. The van der Waals surface area contributed by atoms with Gasteiger partial charge in [-0.2, -0.15) is 12.6 Å². The molecule has 0 aliphatic carbocycles. The number of thiol groups is 1. The van der Waals surface area contributed by atoms with E-state index in [1.54, 1.807) is 0 Å². The number of nitrogens with zero attached hydrogens (tertiary/aromatic N) is 1. The highest BCUT2D eigenvalue weighted by atomic mass is 32.1. The Balaban J connectivity index is 2.17. The fourth-order valence-corrected chi connectivity index (χ4v) is 2.32. The van der Waals surface area contributed by atoms with Crippen molar-refractivity contribution in [2.75, 3.05) is 0 Å². The number of aromatic nitrogens is 2. The number of fused-ring (bicyclic) bond motifs is 1. The summed E-state index contributed by atoms with van der Waals surface area (Å²) in [6.45, 7) is 2.10. The van der Waals surface area contributed by atoms with Crippen LogP contribution in [0.1, 0.15) is 11.1 Å². The van der Waals surface area contributed by atoms with E-state index in [1.807, 2.05) is 18.2 Å². The highest BCUT2D eigenvalue weighted by molar-refractivity contribution is 7.79. The average molecular weight is 254 g/mol. The number of hydrogen-bond acceptors (Lipinski definition) is 2. The van der Waals surface area contributed by atoms with Gasteiger partial charge in [0.1, 0.15) is 5.82 Å². The quantitative estimate of drug-likeness (QED) is 0.666. The molecular weight excluding hydrogens is 240 g/mol. The molecule has 0 fully saturated rings. The second-order valence-electron chi connectivity index (χ2n) is 4.41. The van der Waals surface area contributed by atoms with E-state index in [2.05, 4.69) is 53.8 Å². The molecule has 18 heavy (non-hydrogen) atoms. The molecule has 0 radical (unpaired) electrons. The predicted octanol–water partition coefficient (Wildman–Crippen LogP) is 3.97. The lowest BCUT2D eigenvalue weighted by Gasteiger charge is -2.00. The van der Waals surface area contributed by atoms with E-state index >= 15 is 0 Å². The number of aryl methyl sites for hydroxylation is 1. The Labute approximate surface area is 111 Å². The summed E-state index contributed by atoms with van der Waals surface area (Å²) in [4.78, 5) is 8.02. The van der Waals surface area contributed by atoms with Crippen molar-refractivity contribution in [3.63, 3.8) is 0 Å². The zero-order valence-electron chi connectivity index (χ0n) is 10.1. The summed E-state index contributed by atoms with van der Waals surface area (Å²) in [6, 6.07) is 14.5. The van der Waals surface area contributed by atoms with Crippen LogP contribution in [0.4, 0.5) is 0 Å². The summed E-state index contributed by atoms with van der Waals surface area (Å²) in [5, 5.41) is 0. The van der Waals surface area contributed by atoms with Crippen molar-refractivity contribution in [2.45, 2.75) is 12.7 Å². The summed E-state index contributed by atoms with van der Waals surface area (Å²) in [5.41, 5.74) is 5.65. The molecule has 0 unspecified atom stereocenters. The van der Waals surface area contributed by atoms with Gasteiger partial charge in [0.05, 0.1) is 11.0 Å². The number of hydrogen-bond donors (Lipinski definition) is 2. The normalized spacial score (nSPS) is 11.0. The monoisotopic (exact) mass is 254 g/mol. The molecule has 1 N–H and O–H groups in total. The molecular formula is C15H14N2S. The zero-order valence-corrected chi connectivity index (χ0v) is 11.0. The Morgan fingerprint density at radius 2 is 2.00 bits per heavy atom. The molecule has 0 spiro atoms. The van der Waals surface area contributed by atoms with E-state index < -0.39 is 0 Å². The summed E-state index contributed by atoms with van der Waals surface area (Å²) in [5.74, 6) is 1.67. The van der Waals surface area contributed by atoms with Gasteiger partial charge in [0.2, 0.25) is 0 Å². The van der Waals surface area contributed by atoms with E-state index in [1.165, 1.54) is 11.1 Å². The van der Waals surface area contributed by atoms with E-state index in [4.69, 9.17) is 0 Å². The minimum atomic E-state index is 0.745. The Kier molecular flexibility index (Phi) is 2.84. The lowest BCUT2D eigenvalue weighted by molar-refractivity contribution is 1.31. The summed E-state index contributed by atoms with van der Waals surface area (Å²) < 4.78 is 0. The van der Waals surface area contributed by atoms with Crippen molar-refractivity contribution in [3.05, 3.63) is 53.6 Å². The summed E-state index contributed by atoms with van der Waals surface area (Å²) >= 11 is 4.29. The lowest BCUT2D eigenvalue weighted by atomic mass is 10.1. The van der Waals surface area contributed by atoms with Crippen LogP contribution in [0.25, 0.3) is 22.4 Å². The van der Waals surface area contributed by atoms with Crippen LogP contribution in [-0.4, -0.2) is 9.97 Å². The molecule has 0 saturated heterocycles. The molecule has 90 valence electrons. The first kappa shape index (κ1) is 11.4. The molecule has 2 aromatic carbocycles. The fourth-order valence-electron chi connectivity index (χ4n) is 2.12. The van der Waals surface area contributed by atoms with Crippen LogP contribution in [0.2, 0.25) is 0 Å². The van der Waals surface area contributed by atoms with E-state index in [9.17, 15) is 0 Å². The van der Waals surface area contributed by atoms with Gasteiger partial charge in [-0.3, -0.25) is 0 Å². The number of nitrogens with one attached hydrogen (secondary N) is 1. The summed E-state index contributed by atoms with van der Waals surface area (Å²) in [6.07, 6.45) is 0. The van der Waals surface area contributed by atoms with Crippen LogP contribution < -0.4 is 0 Å². The minimum Gasteiger partial charge on any atom is -0.338 e. The number of rotatable bonds is 2. The largest absolute Gasteiger partial charge is 0.338 e. The molecule has 0 aliphatic heterocycles. The van der Waals surface area contributed by atoms with E-state index in [-0.39, 0.29) is 0 Å². The van der Waals surface area contributed by atoms with Gasteiger partial charge in [0.15, 0.2) is 0 Å². The van der Waals surface area contributed by atoms with Gasteiger partial charge in [-0.05, 0) is 30.2 Å². The van der Waals surface area contributed by atoms with Gasteiger partial charge >= 0.3 is 0 Å². The van der Waals surface area contributed by atoms with Crippen LogP contribution in [0.15, 0.2) is 42.5 Å². The third-order valence-corrected chi connectivity index (χ3v) is 3.49. The maximum atomic E-state index is 4.64. The standard InChI is InChI=1S/C15H14N2S/c1-10-4-2-3-5-12(10)15-16-13-7-6-11(9-18)8-14(13)17-15/h2-8,18H,9H2,1H3,(H,16,17). The molecule has 0 amide bonds. The van der Waals surface area contributed by atoms with Crippen molar-refractivity contribution in [1.82, 2.24) is 9.97 Å². The average Bonchev–Trinajstić information content (AvgIpc) is 2.81. The second-order valence-corrected chi connectivity index (χ2v) is 4.73. The van der Waals surface area contributed by atoms with Crippen LogP contribution in [0.3, 0.4) is 0 Å². The first-order chi connectivity index (χ1) is 8.78. The Bertz CT molecular complexity index is 701. The van der Waals surface area contributed by atoms with Crippen molar-refractivity contribution >= 4 is 23.7 Å². The molecule has 0 bridgehead atoms. The maximum absolute atomic E-state index is 4.64. The molecule has 0 saturated carbocycles. The first-order valence-electron chi connectivity index (χ1n) is 5.93. The van der Waals surface area contributed by atoms with Gasteiger partial charge in [-0.1, -0.05) is 30.3 Å². The van der Waals surface area contributed by atoms with Gasteiger partial charge in [-0.15, -0.1) is 0 Å². The molecule has 3 heteroatoms. The van der Waals surface area contributed by atoms with E-state index in [0.717, 1.165) is 28.2 Å². The predicted molar refractivity (Wildman–Crippen MR) is 79.0 cm³/mol. The molecule has 0 aliphatic rings. The van der Waals surface area contributed by atoms with Gasteiger partial charge < -0.3 is 4.98 Å². The topological polar surface area (TPSA) is 28.7 Å². The van der Waals surface area contributed by atoms with Crippen molar-refractivity contribution in [1.29, 1.82) is 0 Å². The molecule has 3 rings (SSSR count). The van der Waals surface area contributed by atoms with Crippen molar-refractivity contribution < 1.29 is 0 Å². The molecule has 0 atom stereocenters. The highest BCUT2D eigenvalue weighted by Gasteiger charge is 2.07. The number of benzene rings is 2. The fraction of sp³-hybridized carbons (Fsp3) is 0.133. The van der Waals surface area contributed by atoms with E-state index in [0.29, 0.717) is 0 Å². The number of aromatic amines is 1. The number of H-pyrrole nitrogens is 1. The van der Waals surface area contributed by atoms with Crippen LogP contribution in [0.5, 0.6) is 0 Å². The Hall–Kier alpha value is -1.74. The minimum absolute atomic E-state index is 0.745. The Morgan fingerprint density at radius 1 is 1.17 bits per heavy atom. The van der Waals surface area contributed by atoms with Gasteiger partial charge in [0, 0.05) is 11.3 Å². The maximum Gasteiger partial charge on any atom is 0.138 e. The smallest absolute Gasteiger partial charge is 0.138 e. The SMILES string of the molecule is Cc1ccccc1-c1nc2ccc(CS)cc2[nH]1.